The van der Waals surface area contributed by atoms with Crippen molar-refractivity contribution < 1.29 is 14.3 Å². The van der Waals surface area contributed by atoms with Gasteiger partial charge in [-0.25, -0.2) is 0 Å². The predicted molar refractivity (Wildman–Crippen MR) is 155 cm³/mol. The number of hydrogen-bond donors (Lipinski definition) is 1. The van der Waals surface area contributed by atoms with Crippen molar-refractivity contribution in [1.82, 2.24) is 0 Å². The van der Waals surface area contributed by atoms with Gasteiger partial charge in [-0.05, 0) is 73.2 Å². The molecule has 6 heteroatoms. The van der Waals surface area contributed by atoms with Crippen LogP contribution in [0.3, 0.4) is 0 Å². The van der Waals surface area contributed by atoms with Crippen LogP contribution in [0.2, 0.25) is 0 Å². The van der Waals surface area contributed by atoms with Crippen molar-refractivity contribution in [3.05, 3.63) is 101 Å². The molecule has 0 saturated heterocycles. The molecule has 0 heterocycles. The first-order valence-electron chi connectivity index (χ1n) is 12.5. The molecule has 37 heavy (non-hydrogen) atoms. The molecule has 0 aliphatic rings. The average molecular weight is 560 g/mol. The number of ether oxygens (including phenoxy) is 1. The maximum absolute atomic E-state index is 13.4. The van der Waals surface area contributed by atoms with Gasteiger partial charge < -0.3 is 15.0 Å². The summed E-state index contributed by atoms with van der Waals surface area (Å²) in [4.78, 5) is 28.3. The first-order valence-corrected chi connectivity index (χ1v) is 13.3. The standard InChI is InChI=1S/C31H31BrN2O3/c1-4-34(28-11-7-9-22-8-5-6-10-26(22)28)31(36)23-12-15-25(16-13-23)33-30(35)27-20-24(32)14-17-29(27)37-19-18-21(2)3/h5-17,20-21H,4,18-19H2,1-3H3,(H,33,35). The highest BCUT2D eigenvalue weighted by Crippen LogP contribution is 2.29. The second-order valence-corrected chi connectivity index (χ2v) is 10.2. The van der Waals surface area contributed by atoms with Crippen LogP contribution in [0.25, 0.3) is 10.8 Å². The predicted octanol–water partition coefficient (Wildman–Crippen LogP) is 7.95. The molecular weight excluding hydrogens is 528 g/mol. The van der Waals surface area contributed by atoms with Crippen LogP contribution in [0.5, 0.6) is 5.75 Å². The Hall–Kier alpha value is -3.64. The van der Waals surface area contributed by atoms with Crippen LogP contribution in [0.15, 0.2) is 89.4 Å². The Labute approximate surface area is 226 Å². The molecule has 0 bridgehead atoms. The molecule has 4 aromatic rings. The van der Waals surface area contributed by atoms with Crippen molar-refractivity contribution in [2.45, 2.75) is 27.2 Å². The number of anilines is 2. The van der Waals surface area contributed by atoms with E-state index in [4.69, 9.17) is 4.74 Å². The molecule has 190 valence electrons. The summed E-state index contributed by atoms with van der Waals surface area (Å²) in [6.07, 6.45) is 0.903. The second kappa shape index (κ2) is 12.1. The van der Waals surface area contributed by atoms with Crippen molar-refractivity contribution in [2.24, 2.45) is 5.92 Å². The first kappa shape index (κ1) is 26.4. The summed E-state index contributed by atoms with van der Waals surface area (Å²) in [5.74, 6) is 0.690. The van der Waals surface area contributed by atoms with Gasteiger partial charge in [0, 0.05) is 27.7 Å². The van der Waals surface area contributed by atoms with Crippen LogP contribution < -0.4 is 15.0 Å². The zero-order valence-corrected chi connectivity index (χ0v) is 22.9. The SMILES string of the molecule is CCN(C(=O)c1ccc(NC(=O)c2cc(Br)ccc2OCCC(C)C)cc1)c1cccc2ccccc12. The molecule has 0 aliphatic carbocycles. The molecule has 4 rings (SSSR count). The van der Waals surface area contributed by atoms with Crippen LogP contribution in [0.1, 0.15) is 47.9 Å². The van der Waals surface area contributed by atoms with E-state index in [1.165, 1.54) is 0 Å². The number of benzene rings is 4. The minimum atomic E-state index is -0.272. The van der Waals surface area contributed by atoms with Crippen molar-refractivity contribution in [3.8, 4) is 5.75 Å². The molecule has 0 spiro atoms. The molecule has 0 aliphatic heterocycles. The summed E-state index contributed by atoms with van der Waals surface area (Å²) in [6, 6.07) is 26.4. The molecule has 4 aromatic carbocycles. The first-order chi connectivity index (χ1) is 17.9. The summed E-state index contributed by atoms with van der Waals surface area (Å²) in [5, 5.41) is 5.04. The molecular formula is C31H31BrN2O3. The number of nitrogens with one attached hydrogen (secondary N) is 1. The fraction of sp³-hybridized carbons (Fsp3) is 0.226. The van der Waals surface area contributed by atoms with Gasteiger partial charge in [0.1, 0.15) is 5.75 Å². The lowest BCUT2D eigenvalue weighted by molar-refractivity contribution is 0.0987. The van der Waals surface area contributed by atoms with Crippen molar-refractivity contribution in [3.63, 3.8) is 0 Å². The Morgan fingerprint density at radius 3 is 2.41 bits per heavy atom. The van der Waals surface area contributed by atoms with E-state index in [2.05, 4.69) is 35.1 Å². The van der Waals surface area contributed by atoms with Gasteiger partial charge in [0.2, 0.25) is 0 Å². The number of fused-ring (bicyclic) bond motifs is 1. The summed E-state index contributed by atoms with van der Waals surface area (Å²) in [6.45, 7) is 7.31. The Bertz CT molecular complexity index is 1390. The van der Waals surface area contributed by atoms with Gasteiger partial charge in [0.15, 0.2) is 0 Å². The molecule has 0 aromatic heterocycles. The minimum Gasteiger partial charge on any atom is -0.493 e. The van der Waals surface area contributed by atoms with Crippen LogP contribution in [-0.2, 0) is 0 Å². The lowest BCUT2D eigenvalue weighted by atomic mass is 10.1. The molecule has 0 radical (unpaired) electrons. The minimum absolute atomic E-state index is 0.0930. The van der Waals surface area contributed by atoms with E-state index in [-0.39, 0.29) is 11.8 Å². The summed E-state index contributed by atoms with van der Waals surface area (Å²) in [7, 11) is 0. The highest BCUT2D eigenvalue weighted by atomic mass is 79.9. The van der Waals surface area contributed by atoms with E-state index in [9.17, 15) is 9.59 Å². The lowest BCUT2D eigenvalue weighted by Gasteiger charge is -2.23. The quantitative estimate of drug-likeness (QED) is 0.227. The number of carbonyl (C=O) groups excluding carboxylic acids is 2. The van der Waals surface area contributed by atoms with Crippen molar-refractivity contribution >= 4 is 49.9 Å². The topological polar surface area (TPSA) is 58.6 Å². The maximum Gasteiger partial charge on any atom is 0.259 e. The Morgan fingerprint density at radius 2 is 1.68 bits per heavy atom. The van der Waals surface area contributed by atoms with Gasteiger partial charge in [-0.1, -0.05) is 66.2 Å². The van der Waals surface area contributed by atoms with Crippen LogP contribution in [0.4, 0.5) is 11.4 Å². The molecule has 0 atom stereocenters. The largest absolute Gasteiger partial charge is 0.493 e. The van der Waals surface area contributed by atoms with Gasteiger partial charge >= 0.3 is 0 Å². The summed E-state index contributed by atoms with van der Waals surface area (Å²) >= 11 is 3.44. The third-order valence-corrected chi connectivity index (χ3v) is 6.64. The molecule has 0 unspecified atom stereocenters. The van der Waals surface area contributed by atoms with E-state index >= 15 is 0 Å². The third-order valence-electron chi connectivity index (χ3n) is 6.15. The summed E-state index contributed by atoms with van der Waals surface area (Å²) < 4.78 is 6.69. The zero-order valence-electron chi connectivity index (χ0n) is 21.3. The highest BCUT2D eigenvalue weighted by molar-refractivity contribution is 9.10. The number of hydrogen-bond acceptors (Lipinski definition) is 3. The molecule has 2 amide bonds. The van der Waals surface area contributed by atoms with Gasteiger partial charge in [0.05, 0.1) is 17.9 Å². The smallest absolute Gasteiger partial charge is 0.259 e. The van der Waals surface area contributed by atoms with E-state index in [1.807, 2.05) is 55.5 Å². The zero-order chi connectivity index (χ0) is 26.4. The molecule has 0 fully saturated rings. The van der Waals surface area contributed by atoms with Gasteiger partial charge in [0.25, 0.3) is 11.8 Å². The fourth-order valence-corrected chi connectivity index (χ4v) is 4.49. The average Bonchev–Trinajstić information content (AvgIpc) is 2.90. The lowest BCUT2D eigenvalue weighted by Crippen LogP contribution is -2.30. The van der Waals surface area contributed by atoms with E-state index in [0.717, 1.165) is 27.4 Å². The Balaban J connectivity index is 1.50. The van der Waals surface area contributed by atoms with Crippen LogP contribution in [-0.4, -0.2) is 25.0 Å². The van der Waals surface area contributed by atoms with Crippen LogP contribution in [0, 0.1) is 5.92 Å². The Morgan fingerprint density at radius 1 is 0.946 bits per heavy atom. The van der Waals surface area contributed by atoms with Gasteiger partial charge in [-0.15, -0.1) is 0 Å². The summed E-state index contributed by atoms with van der Waals surface area (Å²) in [5.41, 5.74) is 2.48. The molecule has 0 saturated carbocycles. The van der Waals surface area contributed by atoms with Gasteiger partial charge in [-0.3, -0.25) is 9.59 Å². The number of nitrogens with zero attached hydrogens (tertiary/aromatic N) is 1. The monoisotopic (exact) mass is 558 g/mol. The van der Waals surface area contributed by atoms with E-state index in [1.54, 1.807) is 41.3 Å². The maximum atomic E-state index is 13.4. The van der Waals surface area contributed by atoms with E-state index in [0.29, 0.717) is 41.6 Å². The number of amides is 2. The van der Waals surface area contributed by atoms with Crippen LogP contribution >= 0.6 is 15.9 Å². The van der Waals surface area contributed by atoms with Crippen molar-refractivity contribution in [2.75, 3.05) is 23.4 Å². The Kier molecular flexibility index (Phi) is 8.62. The second-order valence-electron chi connectivity index (χ2n) is 9.25. The highest BCUT2D eigenvalue weighted by Gasteiger charge is 2.19. The van der Waals surface area contributed by atoms with E-state index < -0.39 is 0 Å². The normalized spacial score (nSPS) is 10.9. The van der Waals surface area contributed by atoms with Crippen molar-refractivity contribution in [1.29, 1.82) is 0 Å². The number of rotatable bonds is 9. The number of halogens is 1. The fourth-order valence-electron chi connectivity index (χ4n) is 4.13. The van der Waals surface area contributed by atoms with Gasteiger partial charge in [-0.2, -0.15) is 0 Å². The number of carbonyl (C=O) groups is 2. The molecule has 5 nitrogen and oxygen atoms in total. The molecule has 1 N–H and O–H groups in total. The third kappa shape index (κ3) is 6.38.